The molecule has 2 nitrogen and oxygen atoms in total. The second-order valence-corrected chi connectivity index (χ2v) is 2.15. The number of carbonyl (C=O) groups is 1. The van der Waals surface area contributed by atoms with Gasteiger partial charge in [0.25, 0.3) is 0 Å². The van der Waals surface area contributed by atoms with Crippen LogP contribution in [0.15, 0.2) is 24.5 Å². The highest BCUT2D eigenvalue weighted by Gasteiger charge is 1.77. The first-order chi connectivity index (χ1) is 5.27. The third-order valence-electron chi connectivity index (χ3n) is 1.11. The first kappa shape index (κ1) is 9.95. The molecule has 1 aliphatic heterocycles. The molecule has 2 heteroatoms. The number of allylic oxidation sites excluding steroid dienone is 2. The van der Waals surface area contributed by atoms with Crippen LogP contribution >= 0.6 is 0 Å². The van der Waals surface area contributed by atoms with Crippen LogP contribution in [-0.4, -0.2) is 12.4 Å². The summed E-state index contributed by atoms with van der Waals surface area (Å²) in [5.41, 5.74) is 0. The van der Waals surface area contributed by atoms with Crippen LogP contribution in [0.4, 0.5) is 0 Å². The summed E-state index contributed by atoms with van der Waals surface area (Å²) in [6.07, 6.45) is 8.13. The van der Waals surface area contributed by atoms with Crippen molar-refractivity contribution in [2.75, 3.05) is 6.61 Å². The van der Waals surface area contributed by atoms with Crippen molar-refractivity contribution in [2.24, 2.45) is 0 Å². The smallest absolute Gasteiger partial charge is 0.129 e. The molecule has 0 saturated carbocycles. The zero-order chi connectivity index (χ0) is 8.53. The van der Waals surface area contributed by atoms with Crippen molar-refractivity contribution in [3.05, 3.63) is 24.5 Å². The molecule has 62 valence electrons. The minimum atomic E-state index is 0.255. The van der Waals surface area contributed by atoms with E-state index in [2.05, 4.69) is 0 Å². The Bertz CT molecular complexity index is 145. The van der Waals surface area contributed by atoms with E-state index in [-0.39, 0.29) is 5.78 Å². The molecule has 0 saturated heterocycles. The standard InChI is InChI=1S/C5H6O.C4H8O/c1-2-4-6-5-3-1;1-3-4(2)5/h1-4H,5H2;3H2,1-2H3. The van der Waals surface area contributed by atoms with Crippen molar-refractivity contribution in [1.82, 2.24) is 0 Å². The van der Waals surface area contributed by atoms with Crippen LogP contribution in [0, 0.1) is 0 Å². The molecule has 1 aliphatic rings. The Balaban J connectivity index is 0.000000187. The maximum Gasteiger partial charge on any atom is 0.129 e. The monoisotopic (exact) mass is 154 g/mol. The van der Waals surface area contributed by atoms with Gasteiger partial charge in [0.05, 0.1) is 6.26 Å². The van der Waals surface area contributed by atoms with E-state index in [9.17, 15) is 4.79 Å². The van der Waals surface area contributed by atoms with Crippen molar-refractivity contribution in [1.29, 1.82) is 0 Å². The summed E-state index contributed by atoms with van der Waals surface area (Å²) in [6, 6.07) is 0. The van der Waals surface area contributed by atoms with E-state index < -0.39 is 0 Å². The van der Waals surface area contributed by atoms with Crippen molar-refractivity contribution in [2.45, 2.75) is 20.3 Å². The SMILES string of the molecule is C1=CCOC=C1.CCC(C)=O. The summed E-state index contributed by atoms with van der Waals surface area (Å²) in [5.74, 6) is 0.255. The van der Waals surface area contributed by atoms with Crippen LogP contribution in [0.3, 0.4) is 0 Å². The summed E-state index contributed by atoms with van der Waals surface area (Å²) in [6.45, 7) is 4.17. The number of Topliss-reactive ketones (excluding diaryl/α,β-unsaturated/α-hetero) is 1. The Labute approximate surface area is 67.6 Å². The van der Waals surface area contributed by atoms with Crippen LogP contribution in [0.2, 0.25) is 0 Å². The Kier molecular flexibility index (Phi) is 6.39. The molecule has 0 aliphatic carbocycles. The molecule has 1 heterocycles. The number of ether oxygens (including phenoxy) is 1. The van der Waals surface area contributed by atoms with Crippen LogP contribution < -0.4 is 0 Å². The lowest BCUT2D eigenvalue weighted by Crippen LogP contribution is -1.82. The van der Waals surface area contributed by atoms with Crippen LogP contribution in [0.1, 0.15) is 20.3 Å². The molecule has 11 heavy (non-hydrogen) atoms. The van der Waals surface area contributed by atoms with Gasteiger partial charge in [-0.3, -0.25) is 0 Å². The quantitative estimate of drug-likeness (QED) is 0.578. The zero-order valence-corrected chi connectivity index (χ0v) is 7.04. The zero-order valence-electron chi connectivity index (χ0n) is 7.04. The van der Waals surface area contributed by atoms with E-state index in [1.807, 2.05) is 25.2 Å². The lowest BCUT2D eigenvalue weighted by atomic mass is 10.4. The normalized spacial score (nSPS) is 12.9. The minimum absolute atomic E-state index is 0.255. The summed E-state index contributed by atoms with van der Waals surface area (Å²) in [4.78, 5) is 9.81. The Morgan fingerprint density at radius 1 is 1.55 bits per heavy atom. The molecular formula is C9H14O2. The summed E-state index contributed by atoms with van der Waals surface area (Å²) in [5, 5.41) is 0. The van der Waals surface area contributed by atoms with Crippen LogP contribution in [-0.2, 0) is 9.53 Å². The molecule has 0 aromatic carbocycles. The van der Waals surface area contributed by atoms with E-state index in [0.29, 0.717) is 6.42 Å². The van der Waals surface area contributed by atoms with E-state index in [0.717, 1.165) is 6.61 Å². The first-order valence-electron chi connectivity index (χ1n) is 3.70. The Morgan fingerprint density at radius 2 is 2.18 bits per heavy atom. The largest absolute Gasteiger partial charge is 0.497 e. The number of ketones is 1. The van der Waals surface area contributed by atoms with Gasteiger partial charge in [0.1, 0.15) is 12.4 Å². The van der Waals surface area contributed by atoms with Gasteiger partial charge < -0.3 is 9.53 Å². The fraction of sp³-hybridized carbons (Fsp3) is 0.444. The summed E-state index contributed by atoms with van der Waals surface area (Å²) in [7, 11) is 0. The van der Waals surface area contributed by atoms with Crippen molar-refractivity contribution in [3.63, 3.8) is 0 Å². The summed E-state index contributed by atoms with van der Waals surface area (Å²) < 4.78 is 4.80. The fourth-order valence-electron chi connectivity index (χ4n) is 0.346. The molecule has 1 rings (SSSR count). The second kappa shape index (κ2) is 7.06. The average molecular weight is 154 g/mol. The lowest BCUT2D eigenvalue weighted by molar-refractivity contribution is -0.116. The molecule has 0 amide bonds. The second-order valence-electron chi connectivity index (χ2n) is 2.15. The maximum absolute atomic E-state index is 9.81. The van der Waals surface area contributed by atoms with Gasteiger partial charge in [-0.2, -0.15) is 0 Å². The summed E-state index contributed by atoms with van der Waals surface area (Å²) >= 11 is 0. The van der Waals surface area contributed by atoms with Crippen molar-refractivity contribution >= 4 is 5.78 Å². The van der Waals surface area contributed by atoms with Gasteiger partial charge in [0.15, 0.2) is 0 Å². The molecule has 0 aromatic heterocycles. The van der Waals surface area contributed by atoms with Gasteiger partial charge in [-0.05, 0) is 19.1 Å². The molecule has 0 radical (unpaired) electrons. The predicted octanol–water partition coefficient (Wildman–Crippen LogP) is 2.07. The van der Waals surface area contributed by atoms with Gasteiger partial charge in [-0.25, -0.2) is 0 Å². The first-order valence-corrected chi connectivity index (χ1v) is 3.70. The van der Waals surface area contributed by atoms with E-state index in [1.165, 1.54) is 0 Å². The average Bonchev–Trinajstić information content (AvgIpc) is 2.09. The number of hydrogen-bond acceptors (Lipinski definition) is 2. The topological polar surface area (TPSA) is 26.3 Å². The van der Waals surface area contributed by atoms with E-state index >= 15 is 0 Å². The third kappa shape index (κ3) is 8.95. The van der Waals surface area contributed by atoms with Gasteiger partial charge in [-0.1, -0.05) is 13.0 Å². The Hall–Kier alpha value is -1.05. The lowest BCUT2D eigenvalue weighted by Gasteiger charge is -1.94. The van der Waals surface area contributed by atoms with Crippen LogP contribution in [0.5, 0.6) is 0 Å². The van der Waals surface area contributed by atoms with Gasteiger partial charge in [0.2, 0.25) is 0 Å². The fourth-order valence-corrected chi connectivity index (χ4v) is 0.346. The number of carbonyl (C=O) groups excluding carboxylic acids is 1. The van der Waals surface area contributed by atoms with Crippen LogP contribution in [0.25, 0.3) is 0 Å². The van der Waals surface area contributed by atoms with Crippen molar-refractivity contribution < 1.29 is 9.53 Å². The molecule has 0 N–H and O–H groups in total. The highest BCUT2D eigenvalue weighted by molar-refractivity contribution is 5.74. The maximum atomic E-state index is 9.81. The third-order valence-corrected chi connectivity index (χ3v) is 1.11. The van der Waals surface area contributed by atoms with Gasteiger partial charge in [-0.15, -0.1) is 0 Å². The molecular weight excluding hydrogens is 140 g/mol. The van der Waals surface area contributed by atoms with E-state index in [1.54, 1.807) is 13.2 Å². The number of rotatable bonds is 1. The van der Waals surface area contributed by atoms with Gasteiger partial charge >= 0.3 is 0 Å². The highest BCUT2D eigenvalue weighted by Crippen LogP contribution is 1.87. The highest BCUT2D eigenvalue weighted by atomic mass is 16.5. The molecule has 0 aromatic rings. The minimum Gasteiger partial charge on any atom is -0.497 e. The van der Waals surface area contributed by atoms with E-state index in [4.69, 9.17) is 4.74 Å². The molecule has 0 spiro atoms. The predicted molar refractivity (Wildman–Crippen MR) is 45.2 cm³/mol. The van der Waals surface area contributed by atoms with Gasteiger partial charge in [0, 0.05) is 6.42 Å². The molecule has 0 atom stereocenters. The molecule has 0 fully saturated rings. The number of hydrogen-bond donors (Lipinski definition) is 0. The molecule has 0 bridgehead atoms. The Morgan fingerprint density at radius 3 is 2.27 bits per heavy atom. The van der Waals surface area contributed by atoms with Crippen molar-refractivity contribution in [3.8, 4) is 0 Å². The molecule has 0 unspecified atom stereocenters.